The van der Waals surface area contributed by atoms with E-state index in [9.17, 15) is 13.9 Å². The van der Waals surface area contributed by atoms with Crippen LogP contribution in [0.1, 0.15) is 43.9 Å². The van der Waals surface area contributed by atoms with Crippen LogP contribution in [0.4, 0.5) is 20.5 Å². The molecule has 1 aliphatic carbocycles. The van der Waals surface area contributed by atoms with E-state index in [0.29, 0.717) is 29.8 Å². The highest BCUT2D eigenvalue weighted by atomic mass is 19.2. The lowest BCUT2D eigenvalue weighted by atomic mass is 10.1. The Morgan fingerprint density at radius 2 is 1.92 bits per heavy atom. The zero-order valence-electron chi connectivity index (χ0n) is 15.0. The maximum absolute atomic E-state index is 13.3. The maximum atomic E-state index is 13.3. The van der Waals surface area contributed by atoms with Gasteiger partial charge in [0.05, 0.1) is 18.3 Å². The fourth-order valence-electron chi connectivity index (χ4n) is 2.64. The fourth-order valence-corrected chi connectivity index (χ4v) is 2.64. The number of nitrogens with one attached hydrogen (secondary N) is 2. The molecule has 0 amide bonds. The Kier molecular flexibility index (Phi) is 5.66. The number of benzene rings is 1. The molecule has 3 rings (SSSR count). The summed E-state index contributed by atoms with van der Waals surface area (Å²) in [6.45, 7) is 4.35. The molecule has 1 saturated carbocycles. The van der Waals surface area contributed by atoms with E-state index in [-0.39, 0.29) is 18.6 Å². The molecule has 3 N–H and O–H groups in total. The fraction of sp³-hybridized carbons (Fsp3) is 0.474. The lowest BCUT2D eigenvalue weighted by molar-refractivity contribution is 0.248. The Labute approximate surface area is 151 Å². The third-order valence-corrected chi connectivity index (χ3v) is 4.52. The number of aliphatic hydroxyl groups is 1. The molecule has 7 heteroatoms. The lowest BCUT2D eigenvalue weighted by Crippen LogP contribution is -2.30. The number of aromatic nitrogens is 2. The highest BCUT2D eigenvalue weighted by molar-refractivity contribution is 5.45. The second-order valence-corrected chi connectivity index (χ2v) is 7.06. The van der Waals surface area contributed by atoms with Crippen molar-refractivity contribution in [2.24, 2.45) is 5.92 Å². The van der Waals surface area contributed by atoms with Crippen LogP contribution in [0.15, 0.2) is 24.3 Å². The third kappa shape index (κ3) is 4.66. The summed E-state index contributed by atoms with van der Waals surface area (Å²) in [6, 6.07) is 5.58. The highest BCUT2D eigenvalue weighted by Gasteiger charge is 2.26. The van der Waals surface area contributed by atoms with E-state index >= 15 is 0 Å². The van der Waals surface area contributed by atoms with Crippen molar-refractivity contribution in [2.45, 2.75) is 45.2 Å². The van der Waals surface area contributed by atoms with Gasteiger partial charge in [-0.3, -0.25) is 0 Å². The number of halogens is 2. The average Bonchev–Trinajstić information content (AvgIpc) is 3.45. The number of aliphatic hydroxyl groups excluding tert-OH is 1. The van der Waals surface area contributed by atoms with E-state index in [2.05, 4.69) is 20.6 Å². The summed E-state index contributed by atoms with van der Waals surface area (Å²) >= 11 is 0. The van der Waals surface area contributed by atoms with Crippen LogP contribution < -0.4 is 10.6 Å². The maximum Gasteiger partial charge on any atom is 0.225 e. The van der Waals surface area contributed by atoms with Crippen molar-refractivity contribution in [3.05, 3.63) is 47.2 Å². The molecule has 1 fully saturated rings. The first-order valence-electron chi connectivity index (χ1n) is 8.90. The second kappa shape index (κ2) is 7.95. The van der Waals surface area contributed by atoms with Crippen LogP contribution in [0.25, 0.3) is 0 Å². The number of hydrogen-bond acceptors (Lipinski definition) is 5. The summed E-state index contributed by atoms with van der Waals surface area (Å²) in [5.74, 6) is 0.0306. The predicted molar refractivity (Wildman–Crippen MR) is 97.0 cm³/mol. The minimum atomic E-state index is -0.865. The van der Waals surface area contributed by atoms with Gasteiger partial charge in [-0.05, 0) is 36.5 Å². The topological polar surface area (TPSA) is 70.1 Å². The number of anilines is 2. The van der Waals surface area contributed by atoms with Crippen LogP contribution in [-0.2, 0) is 6.54 Å². The van der Waals surface area contributed by atoms with E-state index < -0.39 is 11.6 Å². The van der Waals surface area contributed by atoms with Crippen molar-refractivity contribution in [1.82, 2.24) is 9.97 Å². The van der Waals surface area contributed by atoms with Gasteiger partial charge in [0.15, 0.2) is 11.6 Å². The molecule has 0 spiro atoms. The van der Waals surface area contributed by atoms with Crippen molar-refractivity contribution >= 4 is 11.8 Å². The van der Waals surface area contributed by atoms with Crippen LogP contribution >= 0.6 is 0 Å². The molecule has 0 saturated heterocycles. The van der Waals surface area contributed by atoms with E-state index in [1.54, 1.807) is 0 Å². The molecular weight excluding hydrogens is 338 g/mol. The summed E-state index contributed by atoms with van der Waals surface area (Å²) < 4.78 is 26.4. The lowest BCUT2D eigenvalue weighted by Gasteiger charge is -2.20. The van der Waals surface area contributed by atoms with Crippen molar-refractivity contribution in [3.8, 4) is 0 Å². The summed E-state index contributed by atoms with van der Waals surface area (Å²) in [4.78, 5) is 9.02. The standard InChI is InChI=1S/C19H24F2N4O/c1-11(2)17(10-26)24-19-23-16(13-4-5-13)8-18(25-19)22-9-12-3-6-14(20)15(21)7-12/h3,6-8,11,13,17,26H,4-5,9-10H2,1-2H3,(H2,22,23,24,25)/t17-/m0/s1. The molecule has 1 aromatic heterocycles. The molecule has 1 aliphatic rings. The molecule has 0 radical (unpaired) electrons. The predicted octanol–water partition coefficient (Wildman–Crippen LogP) is 3.67. The van der Waals surface area contributed by atoms with E-state index in [1.807, 2.05) is 19.9 Å². The number of nitrogens with zero attached hydrogens (tertiary/aromatic N) is 2. The van der Waals surface area contributed by atoms with E-state index in [4.69, 9.17) is 0 Å². The van der Waals surface area contributed by atoms with Gasteiger partial charge in [-0.1, -0.05) is 19.9 Å². The first-order valence-corrected chi connectivity index (χ1v) is 8.90. The average molecular weight is 362 g/mol. The zero-order chi connectivity index (χ0) is 18.7. The largest absolute Gasteiger partial charge is 0.394 e. The monoisotopic (exact) mass is 362 g/mol. The first kappa shape index (κ1) is 18.5. The van der Waals surface area contributed by atoms with Gasteiger partial charge >= 0.3 is 0 Å². The Morgan fingerprint density at radius 3 is 2.54 bits per heavy atom. The quantitative estimate of drug-likeness (QED) is 0.668. The summed E-state index contributed by atoms with van der Waals surface area (Å²) in [5.41, 5.74) is 1.58. The third-order valence-electron chi connectivity index (χ3n) is 4.52. The molecular formula is C19H24F2N4O. The minimum absolute atomic E-state index is 0.00764. The molecule has 1 aromatic carbocycles. The highest BCUT2D eigenvalue weighted by Crippen LogP contribution is 2.40. The van der Waals surface area contributed by atoms with Crippen molar-refractivity contribution in [2.75, 3.05) is 17.2 Å². The molecule has 2 aromatic rings. The number of hydrogen-bond donors (Lipinski definition) is 3. The van der Waals surface area contributed by atoms with Gasteiger partial charge < -0.3 is 15.7 Å². The van der Waals surface area contributed by atoms with Gasteiger partial charge in [-0.2, -0.15) is 4.98 Å². The van der Waals surface area contributed by atoms with Gasteiger partial charge in [0.2, 0.25) is 5.95 Å². The van der Waals surface area contributed by atoms with Crippen molar-refractivity contribution < 1.29 is 13.9 Å². The molecule has 1 heterocycles. The molecule has 0 bridgehead atoms. The first-order chi connectivity index (χ1) is 12.5. The van der Waals surface area contributed by atoms with Crippen LogP contribution in [-0.4, -0.2) is 27.7 Å². The number of rotatable bonds is 8. The van der Waals surface area contributed by atoms with Crippen LogP contribution in [0, 0.1) is 17.6 Å². The van der Waals surface area contributed by atoms with Crippen LogP contribution in [0.5, 0.6) is 0 Å². The van der Waals surface area contributed by atoms with E-state index in [0.717, 1.165) is 24.6 Å². The zero-order valence-corrected chi connectivity index (χ0v) is 15.0. The Balaban J connectivity index is 1.76. The van der Waals surface area contributed by atoms with Gasteiger partial charge in [0.25, 0.3) is 0 Å². The molecule has 1 atom stereocenters. The van der Waals surface area contributed by atoms with Gasteiger partial charge in [-0.25, -0.2) is 13.8 Å². The molecule has 140 valence electrons. The van der Waals surface area contributed by atoms with Crippen molar-refractivity contribution in [3.63, 3.8) is 0 Å². The summed E-state index contributed by atoms with van der Waals surface area (Å²) in [6.07, 6.45) is 2.21. The Bertz CT molecular complexity index is 765. The van der Waals surface area contributed by atoms with Crippen LogP contribution in [0.3, 0.4) is 0 Å². The Morgan fingerprint density at radius 1 is 1.15 bits per heavy atom. The van der Waals surface area contributed by atoms with Gasteiger partial charge in [0.1, 0.15) is 5.82 Å². The van der Waals surface area contributed by atoms with Gasteiger partial charge in [0, 0.05) is 18.5 Å². The second-order valence-electron chi connectivity index (χ2n) is 7.06. The van der Waals surface area contributed by atoms with Gasteiger partial charge in [-0.15, -0.1) is 0 Å². The Hall–Kier alpha value is -2.28. The smallest absolute Gasteiger partial charge is 0.225 e. The molecule has 0 unspecified atom stereocenters. The molecule has 0 aliphatic heterocycles. The SMILES string of the molecule is CC(C)[C@H](CO)Nc1nc(NCc2ccc(F)c(F)c2)cc(C2CC2)n1. The summed E-state index contributed by atoms with van der Waals surface area (Å²) in [5, 5.41) is 15.9. The normalized spacial score (nSPS) is 15.2. The van der Waals surface area contributed by atoms with Crippen molar-refractivity contribution in [1.29, 1.82) is 0 Å². The van der Waals surface area contributed by atoms with E-state index in [1.165, 1.54) is 12.1 Å². The molecule has 5 nitrogen and oxygen atoms in total. The minimum Gasteiger partial charge on any atom is -0.394 e. The molecule has 26 heavy (non-hydrogen) atoms. The summed E-state index contributed by atoms with van der Waals surface area (Å²) in [7, 11) is 0. The van der Waals surface area contributed by atoms with Crippen LogP contribution in [0.2, 0.25) is 0 Å².